The quantitative estimate of drug-likeness (QED) is 0.345. The predicted molar refractivity (Wildman–Crippen MR) is 213 cm³/mol. The number of amides is 1. The van der Waals surface area contributed by atoms with Crippen LogP contribution in [0.3, 0.4) is 0 Å². The van der Waals surface area contributed by atoms with Crippen LogP contribution in [0.4, 0.5) is 5.69 Å². The van der Waals surface area contributed by atoms with Crippen molar-refractivity contribution in [3.8, 4) is 5.75 Å². The van der Waals surface area contributed by atoms with Crippen molar-refractivity contribution in [2.45, 2.75) is 101 Å². The molecule has 1 saturated carbocycles. The summed E-state index contributed by atoms with van der Waals surface area (Å²) in [6.45, 7) is 16.3. The number of aryl methyl sites for hydroxylation is 1. The van der Waals surface area contributed by atoms with Crippen LogP contribution in [0, 0.1) is 17.8 Å². The number of ether oxygens (including phenoxy) is 2. The van der Waals surface area contributed by atoms with Crippen molar-refractivity contribution in [3.05, 3.63) is 70.3 Å². The summed E-state index contributed by atoms with van der Waals surface area (Å²) >= 11 is 6.51. The monoisotopic (exact) mass is 766 g/mol. The van der Waals surface area contributed by atoms with Crippen molar-refractivity contribution >= 4 is 33.2 Å². The fourth-order valence-corrected chi connectivity index (χ4v) is 11.6. The van der Waals surface area contributed by atoms with Gasteiger partial charge in [0.2, 0.25) is 10.0 Å². The minimum absolute atomic E-state index is 0.216. The fourth-order valence-electron chi connectivity index (χ4n) is 10.1. The fraction of sp³-hybridized carbons (Fsp3) is 0.643. The minimum atomic E-state index is -3.95. The van der Waals surface area contributed by atoms with Gasteiger partial charge < -0.3 is 14.4 Å². The Labute approximate surface area is 322 Å². The molecule has 0 aromatic heterocycles. The van der Waals surface area contributed by atoms with Gasteiger partial charge in [0.05, 0.1) is 17.5 Å². The molecule has 3 aliphatic heterocycles. The molecule has 2 bridgehead atoms. The summed E-state index contributed by atoms with van der Waals surface area (Å²) in [5.41, 5.74) is 2.91. The molecule has 1 N–H and O–H groups in total. The number of methoxy groups -OCH3 is 1. The Hall–Kier alpha value is -2.63. The topological polar surface area (TPSA) is 91.4 Å². The van der Waals surface area contributed by atoms with Gasteiger partial charge in [-0.05, 0) is 125 Å². The lowest BCUT2D eigenvalue weighted by molar-refractivity contribution is -0.0992. The Kier molecular flexibility index (Phi) is 11.0. The molecule has 7 rings (SSSR count). The van der Waals surface area contributed by atoms with Gasteiger partial charge in [0.15, 0.2) is 0 Å². The molecular weight excluding hydrogens is 708 g/mol. The van der Waals surface area contributed by atoms with Crippen LogP contribution in [-0.2, 0) is 26.6 Å². The largest absolute Gasteiger partial charge is 0.490 e. The predicted octanol–water partition coefficient (Wildman–Crippen LogP) is 6.68. The number of carbonyl (C=O) groups excluding carboxylic acids is 1. The first-order valence-electron chi connectivity index (χ1n) is 19.8. The number of benzene rings is 2. The van der Waals surface area contributed by atoms with Crippen molar-refractivity contribution in [3.63, 3.8) is 0 Å². The zero-order chi connectivity index (χ0) is 37.7. The van der Waals surface area contributed by atoms with Gasteiger partial charge in [-0.3, -0.25) is 14.6 Å². The molecule has 290 valence electrons. The summed E-state index contributed by atoms with van der Waals surface area (Å²) in [6.07, 6.45) is 10.1. The molecule has 0 radical (unpaired) electrons. The highest BCUT2D eigenvalue weighted by Crippen LogP contribution is 2.49. The van der Waals surface area contributed by atoms with Gasteiger partial charge in [0, 0.05) is 74.5 Å². The van der Waals surface area contributed by atoms with E-state index in [0.717, 1.165) is 87.8 Å². The lowest BCUT2D eigenvalue weighted by Gasteiger charge is -2.53. The first kappa shape index (κ1) is 38.6. The van der Waals surface area contributed by atoms with Crippen LogP contribution in [0.2, 0.25) is 5.02 Å². The highest BCUT2D eigenvalue weighted by atomic mass is 35.5. The van der Waals surface area contributed by atoms with Crippen molar-refractivity contribution in [2.24, 2.45) is 17.8 Å². The molecule has 53 heavy (non-hydrogen) atoms. The van der Waals surface area contributed by atoms with Crippen LogP contribution >= 0.6 is 11.6 Å². The molecular formula is C42H59ClN4O5S. The number of nitrogens with zero attached hydrogens (tertiary/aromatic N) is 3. The molecule has 1 amide bonds. The van der Waals surface area contributed by atoms with Crippen LogP contribution in [0.1, 0.15) is 88.2 Å². The molecule has 3 heterocycles. The number of piperazine rings is 1. The molecule has 2 aromatic carbocycles. The highest BCUT2D eigenvalue weighted by Gasteiger charge is 2.50. The van der Waals surface area contributed by atoms with Gasteiger partial charge in [-0.25, -0.2) is 13.1 Å². The summed E-state index contributed by atoms with van der Waals surface area (Å²) in [5.74, 6) is 0.492. The molecule has 1 spiro atoms. The second kappa shape index (κ2) is 15.1. The smallest absolute Gasteiger partial charge is 0.264 e. The molecule has 9 nitrogen and oxygen atoms in total. The molecule has 11 heteroatoms. The van der Waals surface area contributed by atoms with E-state index in [4.69, 9.17) is 21.1 Å². The first-order chi connectivity index (χ1) is 25.2. The van der Waals surface area contributed by atoms with Crippen LogP contribution in [-0.4, -0.2) is 100 Å². The summed E-state index contributed by atoms with van der Waals surface area (Å²) in [7, 11) is -2.09. The Morgan fingerprint density at radius 3 is 2.60 bits per heavy atom. The van der Waals surface area contributed by atoms with E-state index in [1.807, 2.05) is 32.2 Å². The summed E-state index contributed by atoms with van der Waals surface area (Å²) in [5, 5.41) is -0.0259. The average Bonchev–Trinajstić information content (AvgIpc) is 3.25. The number of halogens is 1. The van der Waals surface area contributed by atoms with Gasteiger partial charge in [0.1, 0.15) is 11.4 Å². The Bertz CT molecular complexity index is 1820. The molecule has 2 fully saturated rings. The van der Waals surface area contributed by atoms with Crippen molar-refractivity contribution in [1.29, 1.82) is 0 Å². The number of sulfonamides is 1. The van der Waals surface area contributed by atoms with Crippen LogP contribution < -0.4 is 14.4 Å². The maximum absolute atomic E-state index is 13.7. The third kappa shape index (κ3) is 7.52. The van der Waals surface area contributed by atoms with Crippen molar-refractivity contribution in [2.75, 3.05) is 57.9 Å². The number of hydrogen-bond acceptors (Lipinski definition) is 8. The summed E-state index contributed by atoms with van der Waals surface area (Å²) < 4.78 is 43.1. The molecule has 1 saturated heterocycles. The van der Waals surface area contributed by atoms with Gasteiger partial charge >= 0.3 is 0 Å². The van der Waals surface area contributed by atoms with E-state index in [0.29, 0.717) is 36.6 Å². The van der Waals surface area contributed by atoms with E-state index in [1.54, 1.807) is 13.0 Å². The summed E-state index contributed by atoms with van der Waals surface area (Å²) in [6, 6.07) is 12.6. The first-order valence-corrected chi connectivity index (χ1v) is 21.7. The van der Waals surface area contributed by atoms with Gasteiger partial charge in [0.25, 0.3) is 5.91 Å². The number of anilines is 1. The Balaban J connectivity index is 1.29. The van der Waals surface area contributed by atoms with Gasteiger partial charge in [-0.15, -0.1) is 0 Å². The van der Waals surface area contributed by atoms with E-state index in [2.05, 4.69) is 64.5 Å². The maximum atomic E-state index is 13.7. The molecule has 2 aromatic rings. The van der Waals surface area contributed by atoms with Gasteiger partial charge in [-0.1, -0.05) is 36.7 Å². The number of fused-ring (bicyclic) bond motifs is 4. The van der Waals surface area contributed by atoms with E-state index >= 15 is 0 Å². The average molecular weight is 767 g/mol. The minimum Gasteiger partial charge on any atom is -0.490 e. The Morgan fingerprint density at radius 1 is 1.08 bits per heavy atom. The van der Waals surface area contributed by atoms with E-state index < -0.39 is 26.8 Å². The number of allylic oxidation sites excluding steroid dienone is 1. The van der Waals surface area contributed by atoms with Crippen LogP contribution in [0.15, 0.2) is 48.6 Å². The van der Waals surface area contributed by atoms with E-state index in [1.165, 1.54) is 11.1 Å². The summed E-state index contributed by atoms with van der Waals surface area (Å²) in [4.78, 5) is 21.3. The van der Waals surface area contributed by atoms with Crippen LogP contribution in [0.25, 0.3) is 0 Å². The standard InChI is InChI=1S/C42H59ClN4O5S/c1-28(2)47-20-19-45(23-30(47)4)26-42(51-6)18-7-9-29(3)31(5)53(49,50)44-40(48)33-12-16-39-38(22-33)46(24-34-11-14-37(34)42)25-41(27-52-39)17-8-10-32-21-35(43)13-15-36(32)41/h7,12-13,15-16,18,21-22,28-31,34,37H,8-11,14,17,19-20,23-27H2,1-6H3,(H,44,48)/b18-7+/t29-,30-,31+,34-,37+,41-,42-/m0/s1. The second-order valence-corrected chi connectivity index (χ2v) is 19.6. The van der Waals surface area contributed by atoms with Crippen LogP contribution in [0.5, 0.6) is 5.75 Å². The number of rotatable bonds is 4. The SMILES string of the molecule is CO[C@]1(CN2CCN(C(C)C)[C@@H](C)C2)/C=C/C[C@H](C)[C@@H](C)S(=O)(=O)NC(=O)c2ccc3c(c2)N(C[C@@H]2CC[C@H]21)C[C@@]1(CCCc2cc(Cl)ccc21)CO3. The number of carbonyl (C=O) groups is 1. The third-order valence-electron chi connectivity index (χ3n) is 13.5. The van der Waals surface area contributed by atoms with Crippen molar-refractivity contribution < 1.29 is 22.7 Å². The van der Waals surface area contributed by atoms with E-state index in [9.17, 15) is 13.2 Å². The molecule has 5 aliphatic rings. The second-order valence-electron chi connectivity index (χ2n) is 17.1. The zero-order valence-corrected chi connectivity index (χ0v) is 34.0. The van der Waals surface area contributed by atoms with Gasteiger partial charge in [-0.2, -0.15) is 0 Å². The van der Waals surface area contributed by atoms with Crippen molar-refractivity contribution in [1.82, 2.24) is 14.5 Å². The zero-order valence-electron chi connectivity index (χ0n) is 32.4. The number of hydrogen-bond donors (Lipinski definition) is 1. The molecule has 0 unspecified atom stereocenters. The molecule has 2 aliphatic carbocycles. The Morgan fingerprint density at radius 2 is 1.89 bits per heavy atom. The maximum Gasteiger partial charge on any atom is 0.264 e. The third-order valence-corrected chi connectivity index (χ3v) is 15.7. The van der Waals surface area contributed by atoms with E-state index in [-0.39, 0.29) is 17.3 Å². The molecule has 7 atom stereocenters. The number of nitrogens with one attached hydrogen (secondary N) is 1. The normalized spacial score (nSPS) is 34.3. The lowest BCUT2D eigenvalue weighted by Crippen LogP contribution is -2.61. The highest BCUT2D eigenvalue weighted by molar-refractivity contribution is 7.90. The lowest BCUT2D eigenvalue weighted by atomic mass is 9.63.